The highest BCUT2D eigenvalue weighted by Crippen LogP contribution is 2.11. The average molecular weight is 242 g/mol. The van der Waals surface area contributed by atoms with Crippen LogP contribution in [0.15, 0.2) is 30.3 Å². The number of hydrogen-bond acceptors (Lipinski definition) is 3. The van der Waals surface area contributed by atoms with Crippen molar-refractivity contribution in [1.82, 2.24) is 4.42 Å². The molecule has 16 heavy (non-hydrogen) atoms. The van der Waals surface area contributed by atoms with E-state index in [1.54, 1.807) is 30.3 Å². The van der Waals surface area contributed by atoms with Crippen molar-refractivity contribution >= 4 is 23.7 Å². The molecule has 1 atom stereocenters. The molecule has 0 N–H and O–H groups in total. The van der Waals surface area contributed by atoms with Crippen molar-refractivity contribution in [2.45, 2.75) is 13.0 Å². The van der Waals surface area contributed by atoms with Crippen molar-refractivity contribution in [3.63, 3.8) is 0 Å². The van der Waals surface area contributed by atoms with Gasteiger partial charge in [0, 0.05) is 17.3 Å². The molecule has 0 aliphatic carbocycles. The molecule has 0 fully saturated rings. The Balaban J connectivity index is 2.79. The molecule has 4 nitrogen and oxygen atoms in total. The van der Waals surface area contributed by atoms with Crippen LogP contribution >= 0.6 is 11.8 Å². The van der Waals surface area contributed by atoms with Crippen molar-refractivity contribution in [1.29, 1.82) is 0 Å². The predicted octanol–water partition coefficient (Wildman–Crippen LogP) is 1.84. The zero-order valence-corrected chi connectivity index (χ0v) is 9.77. The van der Waals surface area contributed by atoms with Crippen LogP contribution in [0.4, 0.5) is 0 Å². The first-order chi connectivity index (χ1) is 7.57. The summed E-state index contributed by atoms with van der Waals surface area (Å²) in [5.74, 6) is -0.987. The number of benzene rings is 1. The third kappa shape index (κ3) is 2.73. The fourth-order valence-corrected chi connectivity index (χ4v) is 1.32. The van der Waals surface area contributed by atoms with E-state index in [0.717, 1.165) is 4.42 Å². The standard InChI is InChI=1S/C11H12ClNO3/c1-8(11(15)16-2)13(12)10(14)9-6-4-3-5-7-9/h3-8H,1-2H3. The van der Waals surface area contributed by atoms with Crippen molar-refractivity contribution in [2.24, 2.45) is 0 Å². The fraction of sp³-hybridized carbons (Fsp3) is 0.273. The van der Waals surface area contributed by atoms with E-state index < -0.39 is 17.9 Å². The molecular formula is C11H12ClNO3. The van der Waals surface area contributed by atoms with Crippen LogP contribution in [-0.4, -0.2) is 29.4 Å². The van der Waals surface area contributed by atoms with Gasteiger partial charge in [0.2, 0.25) is 0 Å². The number of rotatable bonds is 3. The first kappa shape index (κ1) is 12.5. The van der Waals surface area contributed by atoms with E-state index in [9.17, 15) is 9.59 Å². The van der Waals surface area contributed by atoms with Crippen LogP contribution < -0.4 is 0 Å². The summed E-state index contributed by atoms with van der Waals surface area (Å²) >= 11 is 5.77. The highest BCUT2D eigenvalue weighted by molar-refractivity contribution is 6.25. The molecule has 0 aromatic heterocycles. The summed E-state index contributed by atoms with van der Waals surface area (Å²) in [5, 5.41) is 0. The van der Waals surface area contributed by atoms with Crippen LogP contribution in [0.3, 0.4) is 0 Å². The number of carbonyl (C=O) groups excluding carboxylic acids is 2. The van der Waals surface area contributed by atoms with E-state index >= 15 is 0 Å². The molecule has 0 radical (unpaired) electrons. The van der Waals surface area contributed by atoms with E-state index in [1.807, 2.05) is 0 Å². The molecule has 1 amide bonds. The molecule has 0 bridgehead atoms. The monoisotopic (exact) mass is 241 g/mol. The van der Waals surface area contributed by atoms with Crippen LogP contribution in [0.1, 0.15) is 17.3 Å². The smallest absolute Gasteiger partial charge is 0.329 e. The van der Waals surface area contributed by atoms with Crippen LogP contribution in [0.2, 0.25) is 0 Å². The third-order valence-electron chi connectivity index (χ3n) is 2.10. The third-order valence-corrected chi connectivity index (χ3v) is 2.54. The Morgan fingerprint density at radius 2 is 1.88 bits per heavy atom. The maximum absolute atomic E-state index is 11.8. The Morgan fingerprint density at radius 3 is 2.38 bits per heavy atom. The highest BCUT2D eigenvalue weighted by Gasteiger charge is 2.25. The van der Waals surface area contributed by atoms with Gasteiger partial charge in [0.15, 0.2) is 0 Å². The molecule has 5 heteroatoms. The largest absolute Gasteiger partial charge is 0.467 e. The van der Waals surface area contributed by atoms with Crippen molar-refractivity contribution in [3.05, 3.63) is 35.9 Å². The number of halogens is 1. The van der Waals surface area contributed by atoms with Crippen molar-refractivity contribution in [3.8, 4) is 0 Å². The Kier molecular flexibility index (Phi) is 4.31. The number of carbonyl (C=O) groups is 2. The minimum atomic E-state index is -0.820. The molecule has 0 saturated heterocycles. The van der Waals surface area contributed by atoms with E-state index in [2.05, 4.69) is 4.74 Å². The van der Waals surface area contributed by atoms with E-state index in [1.165, 1.54) is 14.0 Å². The van der Waals surface area contributed by atoms with Gasteiger partial charge in [-0.2, -0.15) is 0 Å². The Hall–Kier alpha value is -1.55. The molecule has 0 spiro atoms. The van der Waals surface area contributed by atoms with Crippen molar-refractivity contribution in [2.75, 3.05) is 7.11 Å². The lowest BCUT2D eigenvalue weighted by atomic mass is 10.2. The van der Waals surface area contributed by atoms with Gasteiger partial charge in [-0.05, 0) is 19.1 Å². The Morgan fingerprint density at radius 1 is 1.31 bits per heavy atom. The molecular weight excluding hydrogens is 230 g/mol. The van der Waals surface area contributed by atoms with Gasteiger partial charge in [-0.25, -0.2) is 9.21 Å². The number of ether oxygens (including phenoxy) is 1. The molecule has 0 aliphatic heterocycles. The molecule has 1 aromatic rings. The maximum Gasteiger partial charge on any atom is 0.329 e. The molecule has 0 aliphatic rings. The summed E-state index contributed by atoms with van der Waals surface area (Å²) in [6.07, 6.45) is 0. The van der Waals surface area contributed by atoms with Gasteiger partial charge in [-0.1, -0.05) is 18.2 Å². The Labute approximate surface area is 98.9 Å². The maximum atomic E-state index is 11.8. The normalized spacial score (nSPS) is 11.7. The average Bonchev–Trinajstić information content (AvgIpc) is 2.36. The summed E-state index contributed by atoms with van der Waals surface area (Å²) in [6, 6.07) is 7.67. The minimum absolute atomic E-state index is 0.424. The lowest BCUT2D eigenvalue weighted by molar-refractivity contribution is -0.144. The second kappa shape index (κ2) is 5.51. The summed E-state index contributed by atoms with van der Waals surface area (Å²) in [4.78, 5) is 23.0. The van der Waals surface area contributed by atoms with Gasteiger partial charge < -0.3 is 4.74 Å². The number of hydrogen-bond donors (Lipinski definition) is 0. The SMILES string of the molecule is COC(=O)C(C)N(Cl)C(=O)c1ccccc1. The van der Waals surface area contributed by atoms with Crippen molar-refractivity contribution < 1.29 is 14.3 Å². The molecule has 1 unspecified atom stereocenters. The molecule has 86 valence electrons. The number of methoxy groups -OCH3 is 1. The topological polar surface area (TPSA) is 46.6 Å². The first-order valence-corrected chi connectivity index (χ1v) is 5.04. The Bertz CT molecular complexity index is 380. The second-order valence-electron chi connectivity index (χ2n) is 3.18. The molecule has 0 heterocycles. The molecule has 0 saturated carbocycles. The van der Waals surface area contributed by atoms with Crippen LogP contribution in [-0.2, 0) is 9.53 Å². The molecule has 1 aromatic carbocycles. The lowest BCUT2D eigenvalue weighted by Crippen LogP contribution is -2.37. The number of nitrogens with zero attached hydrogens (tertiary/aromatic N) is 1. The summed E-state index contributed by atoms with van der Waals surface area (Å²) in [6.45, 7) is 1.50. The van der Waals surface area contributed by atoms with Crippen LogP contribution in [0.5, 0.6) is 0 Å². The van der Waals surface area contributed by atoms with Gasteiger partial charge in [0.1, 0.15) is 6.04 Å². The summed E-state index contributed by atoms with van der Waals surface area (Å²) in [7, 11) is 1.25. The van der Waals surface area contributed by atoms with E-state index in [-0.39, 0.29) is 0 Å². The van der Waals surface area contributed by atoms with Gasteiger partial charge in [0.05, 0.1) is 7.11 Å². The van der Waals surface area contributed by atoms with Crippen LogP contribution in [0.25, 0.3) is 0 Å². The van der Waals surface area contributed by atoms with Gasteiger partial charge in [-0.3, -0.25) is 4.79 Å². The summed E-state index contributed by atoms with van der Waals surface area (Å²) in [5.41, 5.74) is 0.424. The zero-order chi connectivity index (χ0) is 12.1. The summed E-state index contributed by atoms with van der Waals surface area (Å²) < 4.78 is 5.34. The van der Waals surface area contributed by atoms with E-state index in [4.69, 9.17) is 11.8 Å². The van der Waals surface area contributed by atoms with Gasteiger partial charge in [-0.15, -0.1) is 0 Å². The highest BCUT2D eigenvalue weighted by atomic mass is 35.5. The minimum Gasteiger partial charge on any atom is -0.467 e. The number of amides is 1. The second-order valence-corrected chi connectivity index (χ2v) is 3.55. The first-order valence-electron chi connectivity index (χ1n) is 4.70. The fourth-order valence-electron chi connectivity index (χ4n) is 1.14. The number of esters is 1. The quantitative estimate of drug-likeness (QED) is 0.599. The lowest BCUT2D eigenvalue weighted by Gasteiger charge is -2.19. The zero-order valence-electron chi connectivity index (χ0n) is 9.01. The van der Waals surface area contributed by atoms with Gasteiger partial charge >= 0.3 is 5.97 Å². The molecule has 1 rings (SSSR count). The van der Waals surface area contributed by atoms with Crippen LogP contribution in [0, 0.1) is 0 Å². The van der Waals surface area contributed by atoms with Gasteiger partial charge in [0.25, 0.3) is 5.91 Å². The predicted molar refractivity (Wildman–Crippen MR) is 59.9 cm³/mol. The van der Waals surface area contributed by atoms with E-state index in [0.29, 0.717) is 5.56 Å².